The maximum Gasteiger partial charge on any atom is 0.472 e. The van der Waals surface area contributed by atoms with Gasteiger partial charge in [0.25, 0.3) is 0 Å². The predicted molar refractivity (Wildman–Crippen MR) is 240 cm³/mol. The molecule has 0 heterocycles. The lowest BCUT2D eigenvalue weighted by Gasteiger charge is -2.41. The maximum atomic E-state index is 12.8. The zero-order chi connectivity index (χ0) is 45.0. The minimum absolute atomic E-state index is 0.1000. The second-order valence-corrected chi connectivity index (χ2v) is 18.4. The quantitative estimate of drug-likeness (QED) is 0.0147. The summed E-state index contributed by atoms with van der Waals surface area (Å²) in [6, 6.07) is 0. The Labute approximate surface area is 368 Å². The molecule has 1 rings (SSSR count). The lowest BCUT2D eigenvalue weighted by molar-refractivity contribution is -0.220. The monoisotopic (exact) mass is 891 g/mol. The van der Waals surface area contributed by atoms with Gasteiger partial charge >= 0.3 is 19.8 Å². The van der Waals surface area contributed by atoms with Gasteiger partial charge < -0.3 is 39.9 Å². The van der Waals surface area contributed by atoms with Gasteiger partial charge in [0.2, 0.25) is 0 Å². The predicted octanol–water partition coefficient (Wildman–Crippen LogP) is 9.62. The molecule has 6 N–H and O–H groups in total. The molecule has 61 heavy (non-hydrogen) atoms. The van der Waals surface area contributed by atoms with Crippen LogP contribution in [-0.4, -0.2) is 98.3 Å². The number of esters is 2. The number of hydrogen-bond donors (Lipinski definition) is 6. The van der Waals surface area contributed by atoms with Crippen LogP contribution >= 0.6 is 7.82 Å². The average molecular weight is 891 g/mol. The molecule has 1 aliphatic carbocycles. The molecule has 0 bridgehead atoms. The van der Waals surface area contributed by atoms with Gasteiger partial charge in [-0.15, -0.1) is 0 Å². The number of carbonyl (C=O) groups excluding carboxylic acids is 2. The first kappa shape index (κ1) is 57.3. The minimum atomic E-state index is -5.11. The topological polar surface area (TPSA) is 210 Å². The summed E-state index contributed by atoms with van der Waals surface area (Å²) in [5, 5.41) is 50.2. The smallest absolute Gasteiger partial charge is 0.462 e. The Morgan fingerprint density at radius 2 is 0.885 bits per heavy atom. The molecule has 6 unspecified atom stereocenters. The van der Waals surface area contributed by atoms with E-state index in [1.54, 1.807) is 0 Å². The van der Waals surface area contributed by atoms with Crippen molar-refractivity contribution < 1.29 is 63.1 Å². The van der Waals surface area contributed by atoms with E-state index in [0.29, 0.717) is 12.8 Å². The van der Waals surface area contributed by atoms with Crippen molar-refractivity contribution in [2.45, 2.75) is 249 Å². The fourth-order valence-electron chi connectivity index (χ4n) is 7.38. The molecule has 0 aromatic carbocycles. The van der Waals surface area contributed by atoms with Gasteiger partial charge in [-0.25, -0.2) is 4.57 Å². The number of hydrogen-bond acceptors (Lipinski definition) is 12. The summed E-state index contributed by atoms with van der Waals surface area (Å²) >= 11 is 0. The Bertz CT molecular complexity index is 1170. The van der Waals surface area contributed by atoms with Gasteiger partial charge in [-0.1, -0.05) is 173 Å². The van der Waals surface area contributed by atoms with Crippen molar-refractivity contribution in [3.63, 3.8) is 0 Å². The van der Waals surface area contributed by atoms with Crippen LogP contribution in [0.25, 0.3) is 0 Å². The van der Waals surface area contributed by atoms with Crippen LogP contribution < -0.4 is 0 Å². The minimum Gasteiger partial charge on any atom is -0.462 e. The molecule has 0 amide bonds. The highest BCUT2D eigenvalue weighted by molar-refractivity contribution is 7.47. The Kier molecular flexibility index (Phi) is 35.4. The fourth-order valence-corrected chi connectivity index (χ4v) is 8.35. The van der Waals surface area contributed by atoms with Crippen LogP contribution in [0.15, 0.2) is 24.3 Å². The molecule has 0 spiro atoms. The number of rotatable bonds is 40. The van der Waals surface area contributed by atoms with Crippen LogP contribution in [0.4, 0.5) is 0 Å². The first-order valence-electron chi connectivity index (χ1n) is 24.1. The van der Waals surface area contributed by atoms with Gasteiger partial charge in [0.15, 0.2) is 6.10 Å². The van der Waals surface area contributed by atoms with E-state index in [0.717, 1.165) is 64.2 Å². The molecule has 0 aliphatic heterocycles. The van der Waals surface area contributed by atoms with E-state index in [4.69, 9.17) is 18.5 Å². The number of phosphoric acid groups is 1. The largest absolute Gasteiger partial charge is 0.472 e. The van der Waals surface area contributed by atoms with Crippen LogP contribution in [0.5, 0.6) is 0 Å². The highest BCUT2D eigenvalue weighted by atomic mass is 31.2. The standard InChI is InChI=1S/C47H87O13P/c1-3-5-7-9-11-13-15-17-18-19-20-21-22-24-25-27-29-31-33-35-40(48)57-37-39(38-58-61(55,56)60-47-45(53)43(51)42(50)44(52)46(47)54)59-41(49)36-34-32-30-28-26-23-16-14-12-10-8-6-4-2/h11,13,17-18,39,42-47,50-54H,3-10,12,14-16,19-38H2,1-2H3,(H,55,56)/b13-11-,18-17-/t39-,42?,43-,44?,45?,46?,47?/m1/s1. The molecule has 1 aliphatic rings. The Balaban J connectivity index is 2.41. The lowest BCUT2D eigenvalue weighted by Crippen LogP contribution is -2.64. The van der Waals surface area contributed by atoms with E-state index in [-0.39, 0.29) is 12.8 Å². The van der Waals surface area contributed by atoms with Crippen LogP contribution in [-0.2, 0) is 32.7 Å². The highest BCUT2D eigenvalue weighted by Gasteiger charge is 2.51. The zero-order valence-corrected chi connectivity index (χ0v) is 38.9. The number of carbonyl (C=O) groups is 2. The highest BCUT2D eigenvalue weighted by Crippen LogP contribution is 2.47. The molecule has 1 saturated carbocycles. The molecule has 0 saturated heterocycles. The van der Waals surface area contributed by atoms with E-state index in [1.165, 1.54) is 103 Å². The first-order chi connectivity index (χ1) is 29.4. The Hall–Kier alpha value is -1.67. The molecule has 14 heteroatoms. The van der Waals surface area contributed by atoms with Gasteiger partial charge in [0, 0.05) is 12.8 Å². The molecule has 8 atom stereocenters. The molecule has 0 aromatic rings. The molecular weight excluding hydrogens is 803 g/mol. The number of allylic oxidation sites excluding steroid dienone is 4. The van der Waals surface area contributed by atoms with Crippen molar-refractivity contribution in [3.8, 4) is 0 Å². The van der Waals surface area contributed by atoms with Gasteiger partial charge in [-0.05, 0) is 44.9 Å². The van der Waals surface area contributed by atoms with Gasteiger partial charge in [-0.2, -0.15) is 0 Å². The molecule has 358 valence electrons. The summed E-state index contributed by atoms with van der Waals surface area (Å²) in [5.41, 5.74) is 0. The summed E-state index contributed by atoms with van der Waals surface area (Å²) in [6.45, 7) is 3.28. The van der Waals surface area contributed by atoms with E-state index < -0.39 is 75.7 Å². The zero-order valence-electron chi connectivity index (χ0n) is 38.0. The van der Waals surface area contributed by atoms with Gasteiger partial charge in [0.05, 0.1) is 6.61 Å². The van der Waals surface area contributed by atoms with Crippen LogP contribution in [0, 0.1) is 0 Å². The number of phosphoric ester groups is 1. The normalized spacial score (nSPS) is 22.2. The first-order valence-corrected chi connectivity index (χ1v) is 25.6. The SMILES string of the molecule is CCCCC/C=C\C/C=C\CCCCCCCCCCCC(=O)OC[C@H](COP(=O)(O)OC1C(O)C(O)C(O)[C@@H](O)C1O)OC(=O)CCCCCCCCCCCCCCC. The number of aliphatic hydroxyl groups excluding tert-OH is 5. The summed E-state index contributed by atoms with van der Waals surface area (Å²) in [4.78, 5) is 35.7. The summed E-state index contributed by atoms with van der Waals surface area (Å²) < 4.78 is 33.6. The summed E-state index contributed by atoms with van der Waals surface area (Å²) in [5.74, 6) is -1.10. The second kappa shape index (κ2) is 37.7. The number of unbranched alkanes of at least 4 members (excludes halogenated alkanes) is 24. The molecule has 13 nitrogen and oxygen atoms in total. The van der Waals surface area contributed by atoms with Crippen molar-refractivity contribution >= 4 is 19.8 Å². The molecule has 0 aromatic heterocycles. The summed E-state index contributed by atoms with van der Waals surface area (Å²) in [6.07, 6.45) is 28.0. The van der Waals surface area contributed by atoms with E-state index in [1.807, 2.05) is 0 Å². The third-order valence-corrected chi connectivity index (χ3v) is 12.3. The van der Waals surface area contributed by atoms with Crippen molar-refractivity contribution in [3.05, 3.63) is 24.3 Å². The van der Waals surface area contributed by atoms with Crippen molar-refractivity contribution in [2.24, 2.45) is 0 Å². The Morgan fingerprint density at radius 1 is 0.508 bits per heavy atom. The van der Waals surface area contributed by atoms with Gasteiger partial charge in [-0.3, -0.25) is 18.6 Å². The lowest BCUT2D eigenvalue weighted by atomic mass is 9.85. The van der Waals surface area contributed by atoms with Gasteiger partial charge in [0.1, 0.15) is 43.2 Å². The number of aliphatic hydroxyl groups is 5. The molecule has 0 radical (unpaired) electrons. The fraction of sp³-hybridized carbons (Fsp3) is 0.872. The van der Waals surface area contributed by atoms with Crippen LogP contribution in [0.1, 0.15) is 206 Å². The molecule has 1 fully saturated rings. The maximum absolute atomic E-state index is 12.8. The van der Waals surface area contributed by atoms with E-state index in [9.17, 15) is 44.6 Å². The summed E-state index contributed by atoms with van der Waals surface area (Å²) in [7, 11) is -5.11. The third-order valence-electron chi connectivity index (χ3n) is 11.3. The third kappa shape index (κ3) is 30.2. The number of ether oxygens (including phenoxy) is 2. The average Bonchev–Trinajstić information content (AvgIpc) is 3.24. The van der Waals surface area contributed by atoms with Crippen molar-refractivity contribution in [2.75, 3.05) is 13.2 Å². The van der Waals surface area contributed by atoms with Crippen molar-refractivity contribution in [1.29, 1.82) is 0 Å². The van der Waals surface area contributed by atoms with E-state index in [2.05, 4.69) is 38.2 Å². The molecular formula is C47H87O13P. The van der Waals surface area contributed by atoms with Crippen LogP contribution in [0.2, 0.25) is 0 Å². The van der Waals surface area contributed by atoms with Crippen molar-refractivity contribution in [1.82, 2.24) is 0 Å². The van der Waals surface area contributed by atoms with E-state index >= 15 is 0 Å². The van der Waals surface area contributed by atoms with Crippen LogP contribution in [0.3, 0.4) is 0 Å². The Morgan fingerprint density at radius 3 is 1.36 bits per heavy atom. The second-order valence-electron chi connectivity index (χ2n) is 17.0.